The van der Waals surface area contributed by atoms with E-state index in [2.05, 4.69) is 98.8 Å². The molecule has 46 heavy (non-hydrogen) atoms. The van der Waals surface area contributed by atoms with E-state index in [-0.39, 0.29) is 6.29 Å². The van der Waals surface area contributed by atoms with Crippen LogP contribution in [0.2, 0.25) is 0 Å². The third-order valence-electron chi connectivity index (χ3n) is 7.80. The summed E-state index contributed by atoms with van der Waals surface area (Å²) in [5, 5.41) is 0. The molecule has 0 radical (unpaired) electrons. The van der Waals surface area contributed by atoms with Gasteiger partial charge in [0.1, 0.15) is 6.29 Å². The van der Waals surface area contributed by atoms with Crippen LogP contribution in [0.15, 0.2) is 82.2 Å². The van der Waals surface area contributed by atoms with Crippen LogP contribution in [0.1, 0.15) is 152 Å². The molecule has 0 aliphatic rings. The van der Waals surface area contributed by atoms with Crippen LogP contribution in [0, 0.1) is 0 Å². The Labute approximate surface area is 286 Å². The van der Waals surface area contributed by atoms with Crippen molar-refractivity contribution in [2.24, 2.45) is 0 Å². The quantitative estimate of drug-likeness (QED) is 0.0366. The summed E-state index contributed by atoms with van der Waals surface area (Å²) in [6.45, 7) is 19.7. The van der Waals surface area contributed by atoms with Crippen molar-refractivity contribution in [1.82, 2.24) is 0 Å². The molecule has 0 atom stereocenters. The van der Waals surface area contributed by atoms with Crippen LogP contribution < -0.4 is 0 Å². The van der Waals surface area contributed by atoms with E-state index in [0.717, 1.165) is 83.3 Å². The van der Waals surface area contributed by atoms with Gasteiger partial charge in [0.15, 0.2) is 6.29 Å². The molecule has 0 aromatic carbocycles. The third-order valence-corrected chi connectivity index (χ3v) is 7.80. The maximum absolute atomic E-state index is 10.1. The fourth-order valence-corrected chi connectivity index (χ4v) is 3.99. The van der Waals surface area contributed by atoms with E-state index >= 15 is 0 Å². The SMILES string of the molecule is CC/C(C)=C/CC/C(C)=C/CC=COC.CC/C(C)=C/CC/C(C)=C/CCC(OC)OC.CC/C(C)=C/CC/C(C)=C/CCC=O. The Bertz CT molecular complexity index is 923. The molecule has 0 heterocycles. The van der Waals surface area contributed by atoms with Crippen LogP contribution in [0.4, 0.5) is 0 Å². The fraction of sp³-hybridized carbons (Fsp3) is 0.643. The summed E-state index contributed by atoms with van der Waals surface area (Å²) in [6, 6.07) is 0. The monoisotopic (exact) mass is 643 g/mol. The van der Waals surface area contributed by atoms with Crippen LogP contribution >= 0.6 is 0 Å². The first-order valence-electron chi connectivity index (χ1n) is 17.6. The molecule has 0 N–H and O–H groups in total. The molecule has 0 saturated heterocycles. The second kappa shape index (κ2) is 37.0. The Balaban J connectivity index is -0.000000606. The molecule has 0 rings (SSSR count). The van der Waals surface area contributed by atoms with Crippen molar-refractivity contribution in [3.63, 3.8) is 0 Å². The number of rotatable bonds is 23. The molecule has 0 aromatic rings. The highest BCUT2D eigenvalue weighted by Crippen LogP contribution is 2.12. The molecular formula is C42H74O4. The van der Waals surface area contributed by atoms with Gasteiger partial charge in [0.05, 0.1) is 13.4 Å². The highest BCUT2D eigenvalue weighted by Gasteiger charge is 2.02. The second-order valence-corrected chi connectivity index (χ2v) is 12.0. The molecule has 0 aliphatic heterocycles. The van der Waals surface area contributed by atoms with E-state index in [0.29, 0.717) is 6.42 Å². The van der Waals surface area contributed by atoms with Crippen molar-refractivity contribution >= 4 is 6.29 Å². The van der Waals surface area contributed by atoms with Crippen LogP contribution in [0.25, 0.3) is 0 Å². The first-order chi connectivity index (χ1) is 22.0. The minimum Gasteiger partial charge on any atom is -0.505 e. The molecule has 0 unspecified atom stereocenters. The number of carbonyl (C=O) groups excluding carboxylic acids is 1. The summed E-state index contributed by atoms with van der Waals surface area (Å²) < 4.78 is 15.1. The Hall–Kier alpha value is -2.43. The average molecular weight is 643 g/mol. The van der Waals surface area contributed by atoms with Crippen molar-refractivity contribution < 1.29 is 19.0 Å². The maximum atomic E-state index is 10.1. The van der Waals surface area contributed by atoms with Crippen LogP contribution in [-0.2, 0) is 19.0 Å². The first-order valence-corrected chi connectivity index (χ1v) is 17.6. The number of hydrogen-bond donors (Lipinski definition) is 0. The number of aldehydes is 1. The minimum absolute atomic E-state index is 0.0683. The van der Waals surface area contributed by atoms with Gasteiger partial charge in [-0.25, -0.2) is 0 Å². The molecule has 0 aromatic heterocycles. The maximum Gasteiger partial charge on any atom is 0.157 e. The van der Waals surface area contributed by atoms with Gasteiger partial charge >= 0.3 is 0 Å². The molecule has 4 heteroatoms. The molecule has 0 amide bonds. The minimum atomic E-state index is -0.0683. The number of methoxy groups -OCH3 is 3. The van der Waals surface area contributed by atoms with Gasteiger partial charge in [0.2, 0.25) is 0 Å². The van der Waals surface area contributed by atoms with Crippen molar-refractivity contribution in [2.45, 2.75) is 158 Å². The van der Waals surface area contributed by atoms with E-state index in [9.17, 15) is 4.79 Å². The van der Waals surface area contributed by atoms with Gasteiger partial charge in [0.25, 0.3) is 0 Å². The van der Waals surface area contributed by atoms with E-state index in [1.165, 1.54) is 39.9 Å². The van der Waals surface area contributed by atoms with Crippen LogP contribution in [0.3, 0.4) is 0 Å². The van der Waals surface area contributed by atoms with E-state index in [4.69, 9.17) is 14.2 Å². The zero-order valence-corrected chi connectivity index (χ0v) is 32.3. The summed E-state index contributed by atoms with van der Waals surface area (Å²) in [6.07, 6.45) is 33.2. The largest absolute Gasteiger partial charge is 0.505 e. The standard InChI is InChI=1S/C15H28O2.C14H24O.C13H22O/c1-6-13(2)9-7-10-14(3)11-8-12-15(16-4)17-5;1-5-13(2)10-8-11-14(3)9-6-7-12-15-4;1-4-12(2)9-7-10-13(3)8-5-6-11-14/h9,11,15H,6-8,10,12H2,1-5H3;7,9-10,12H,5-6,8,11H2,1-4H3;8-9,11H,4-7,10H2,1-3H3/b13-9+,14-11+;12-7?,13-10+,14-9+;12-9+,13-8+. The van der Waals surface area contributed by atoms with Crippen molar-refractivity contribution in [3.8, 4) is 0 Å². The van der Waals surface area contributed by atoms with Crippen molar-refractivity contribution in [3.05, 3.63) is 82.2 Å². The molecule has 4 nitrogen and oxygen atoms in total. The number of ether oxygens (including phenoxy) is 3. The molecular weight excluding hydrogens is 568 g/mol. The zero-order valence-electron chi connectivity index (χ0n) is 32.3. The molecule has 0 bridgehead atoms. The predicted molar refractivity (Wildman–Crippen MR) is 204 cm³/mol. The zero-order chi connectivity index (χ0) is 35.4. The summed E-state index contributed by atoms with van der Waals surface area (Å²) in [5.74, 6) is 0. The summed E-state index contributed by atoms with van der Waals surface area (Å²) >= 11 is 0. The number of hydrogen-bond acceptors (Lipinski definition) is 4. The Morgan fingerprint density at radius 2 is 0.913 bits per heavy atom. The lowest BCUT2D eigenvalue weighted by atomic mass is 10.1. The van der Waals surface area contributed by atoms with Crippen LogP contribution in [0.5, 0.6) is 0 Å². The smallest absolute Gasteiger partial charge is 0.157 e. The van der Waals surface area contributed by atoms with Gasteiger partial charge in [-0.3, -0.25) is 0 Å². The summed E-state index contributed by atoms with van der Waals surface area (Å²) in [5.41, 5.74) is 8.74. The van der Waals surface area contributed by atoms with Gasteiger partial charge in [-0.2, -0.15) is 0 Å². The van der Waals surface area contributed by atoms with E-state index in [1.54, 1.807) is 27.6 Å². The topological polar surface area (TPSA) is 44.8 Å². The van der Waals surface area contributed by atoms with E-state index < -0.39 is 0 Å². The van der Waals surface area contributed by atoms with Crippen LogP contribution in [-0.4, -0.2) is 33.9 Å². The highest BCUT2D eigenvalue weighted by molar-refractivity contribution is 5.49. The normalized spacial score (nSPS) is 13.4. The number of unbranched alkanes of at least 4 members (excludes halogenated alkanes) is 1. The third kappa shape index (κ3) is 37.8. The molecule has 266 valence electrons. The predicted octanol–water partition coefficient (Wildman–Crippen LogP) is 13.1. The molecule has 0 aliphatic carbocycles. The fourth-order valence-electron chi connectivity index (χ4n) is 3.99. The molecule has 0 spiro atoms. The lowest BCUT2D eigenvalue weighted by Gasteiger charge is -2.11. The van der Waals surface area contributed by atoms with Gasteiger partial charge < -0.3 is 19.0 Å². The van der Waals surface area contributed by atoms with Gasteiger partial charge in [-0.1, -0.05) is 90.7 Å². The highest BCUT2D eigenvalue weighted by atomic mass is 16.7. The Morgan fingerprint density at radius 3 is 1.28 bits per heavy atom. The second-order valence-electron chi connectivity index (χ2n) is 12.0. The number of carbonyl (C=O) groups is 1. The Kier molecular flexibility index (Phi) is 38.6. The summed E-state index contributed by atoms with van der Waals surface area (Å²) in [4.78, 5) is 10.1. The Morgan fingerprint density at radius 1 is 0.522 bits per heavy atom. The van der Waals surface area contributed by atoms with Gasteiger partial charge in [-0.05, 0) is 125 Å². The van der Waals surface area contributed by atoms with Crippen molar-refractivity contribution in [2.75, 3.05) is 21.3 Å². The molecule has 0 fully saturated rings. The summed E-state index contributed by atoms with van der Waals surface area (Å²) in [7, 11) is 5.04. The lowest BCUT2D eigenvalue weighted by Crippen LogP contribution is -2.11. The van der Waals surface area contributed by atoms with Gasteiger partial charge in [-0.15, -0.1) is 0 Å². The number of allylic oxidation sites excluding steroid dienone is 13. The lowest BCUT2D eigenvalue weighted by molar-refractivity contribution is -0.107. The average Bonchev–Trinajstić information content (AvgIpc) is 3.05. The molecule has 0 saturated carbocycles. The van der Waals surface area contributed by atoms with E-state index in [1.807, 2.05) is 6.08 Å². The van der Waals surface area contributed by atoms with Crippen molar-refractivity contribution in [1.29, 1.82) is 0 Å². The van der Waals surface area contributed by atoms with Gasteiger partial charge in [0, 0.05) is 27.1 Å². The first kappa shape index (κ1) is 48.0.